The number of imidazole rings is 1. The molecule has 0 bridgehead atoms. The number of hydrogen-bond acceptors (Lipinski definition) is 2. The van der Waals surface area contributed by atoms with Crippen molar-refractivity contribution in [2.24, 2.45) is 0 Å². The van der Waals surface area contributed by atoms with E-state index in [1.54, 1.807) is 34.9 Å². The van der Waals surface area contributed by atoms with Crippen LogP contribution in [-0.4, -0.2) is 30.3 Å². The van der Waals surface area contributed by atoms with Crippen molar-refractivity contribution in [3.8, 4) is 39.8 Å². The molecule has 12 aromatic carbocycles. The van der Waals surface area contributed by atoms with Gasteiger partial charge in [-0.2, -0.15) is 18.2 Å². The number of hydrogen-bond donors (Lipinski definition) is 0. The van der Waals surface area contributed by atoms with Crippen LogP contribution in [0.1, 0.15) is 84.0 Å². The average Bonchev–Trinajstić information content (AvgIpc) is 0.691. The maximum Gasteiger partial charge on any atom is 0.268 e. The van der Waals surface area contributed by atoms with Gasteiger partial charge in [-0.3, -0.25) is 4.57 Å². The smallest absolute Gasteiger partial charge is 0.268 e. The molecule has 0 fully saturated rings. The van der Waals surface area contributed by atoms with Gasteiger partial charge in [-0.05, 0) is 93.7 Å². The molecule has 15 aromatic rings. The van der Waals surface area contributed by atoms with Crippen LogP contribution >= 0.6 is 0 Å². The SMILES string of the molecule is [2H]c1c([2H])c([2H])c(-c2cnc(-n3c4[c-]c(Oc5[c-]c(-n6[c-][n+](-c7c([Si](c8c([2H])c([2H])c([2H])c([2H])c8[2H])(c8c([2H])c([2H])c([2H])c([2H])c8[2H])c8c([2H])c([2H])c([2H])c([2H])c8[2H])cc(C(C)(C)C)cc7[Si](c7c([2H])c([2H])c([2H])c([2H])c7[2H])(c7c([2H])c([2H])c([2H])c([2H])c7[2H])c7c([2H])c([2H])c([2H])c([2H])c7[2H])c7ccccc76)ccc5)ccc4c4ccccc43)cc2C([2H])([2H])[2H])c([2H])c1[2H].[Pt]. The summed E-state index contributed by atoms with van der Waals surface area (Å²) in [4.78, 5) is 4.67. The molecule has 3 heterocycles. The van der Waals surface area contributed by atoms with E-state index in [-0.39, 0.29) is 71.7 Å². The molecular formula is C83H64N4OPtSi2-2. The number of benzene rings is 12. The second-order valence-corrected chi connectivity index (χ2v) is 28.5. The summed E-state index contributed by atoms with van der Waals surface area (Å²) < 4.78 is 376. The van der Waals surface area contributed by atoms with Crippen molar-refractivity contribution >= 4 is 90.5 Å². The van der Waals surface area contributed by atoms with Gasteiger partial charge in [0.15, 0.2) is 16.1 Å². The summed E-state index contributed by atoms with van der Waals surface area (Å²) in [6.07, 6.45) is 4.38. The Labute approximate surface area is 602 Å². The van der Waals surface area contributed by atoms with E-state index in [0.29, 0.717) is 16.3 Å². The van der Waals surface area contributed by atoms with Crippen molar-refractivity contribution in [3.05, 3.63) is 344 Å². The predicted octanol–water partition coefficient (Wildman–Crippen LogP) is 13.6. The molecule has 442 valence electrons. The summed E-state index contributed by atoms with van der Waals surface area (Å²) >= 11 is 0. The Bertz CT molecular complexity index is 6660. The maximum absolute atomic E-state index is 10.4. The Balaban J connectivity index is 0.0000134. The molecule has 0 spiro atoms. The van der Waals surface area contributed by atoms with Crippen LogP contribution < -0.4 is 50.8 Å². The third-order valence-electron chi connectivity index (χ3n) is 15.5. The topological polar surface area (TPSA) is 35.9 Å². The van der Waals surface area contributed by atoms with Crippen LogP contribution in [0.3, 0.4) is 0 Å². The second-order valence-electron chi connectivity index (χ2n) is 21.5. The Morgan fingerprint density at radius 3 is 1.47 bits per heavy atom. The average molecular weight is 1420 g/mol. The minimum absolute atomic E-state index is 0. The van der Waals surface area contributed by atoms with Crippen LogP contribution in [0.4, 0.5) is 0 Å². The van der Waals surface area contributed by atoms with Crippen molar-refractivity contribution in [2.45, 2.75) is 33.0 Å². The summed E-state index contributed by atoms with van der Waals surface area (Å²) in [5, 5.41) is -7.42. The zero-order valence-electron chi connectivity index (χ0n) is 85.8. The fourth-order valence-corrected chi connectivity index (χ4v) is 19.7. The number of rotatable bonds is 14. The predicted molar refractivity (Wildman–Crippen MR) is 376 cm³/mol. The third-order valence-corrected chi connectivity index (χ3v) is 23.9. The molecule has 0 unspecified atom stereocenters. The first-order valence-electron chi connectivity index (χ1n) is 46.7. The van der Waals surface area contributed by atoms with E-state index in [0.717, 1.165) is 10.8 Å². The molecule has 5 nitrogen and oxygen atoms in total. The van der Waals surface area contributed by atoms with E-state index in [4.69, 9.17) is 15.7 Å². The van der Waals surface area contributed by atoms with Crippen molar-refractivity contribution in [1.82, 2.24) is 14.1 Å². The van der Waals surface area contributed by atoms with Gasteiger partial charge in [0.1, 0.15) is 5.82 Å². The molecule has 0 aliphatic rings. The molecule has 0 aliphatic carbocycles. The molecular weight excluding hydrogens is 1320 g/mol. The van der Waals surface area contributed by atoms with Gasteiger partial charge in [0.2, 0.25) is 0 Å². The fourth-order valence-electron chi connectivity index (χ4n) is 11.5. The molecule has 15 rings (SSSR count). The van der Waals surface area contributed by atoms with Gasteiger partial charge in [0, 0.05) is 54.0 Å². The van der Waals surface area contributed by atoms with Crippen LogP contribution in [0.2, 0.25) is 0 Å². The van der Waals surface area contributed by atoms with Gasteiger partial charge in [-0.1, -0.05) is 292 Å². The van der Waals surface area contributed by atoms with Crippen molar-refractivity contribution in [3.63, 3.8) is 0 Å². The van der Waals surface area contributed by atoms with E-state index in [1.807, 2.05) is 0 Å². The largest absolute Gasteiger partial charge is 0.510 e. The first-order chi connectivity index (χ1) is 59.9. The minimum Gasteiger partial charge on any atom is -0.510 e. The Morgan fingerprint density at radius 1 is 0.495 bits per heavy atom. The molecule has 0 aliphatic heterocycles. The molecule has 3 aromatic heterocycles. The quantitative estimate of drug-likeness (QED) is 0.0471. The van der Waals surface area contributed by atoms with Gasteiger partial charge in [0.05, 0.1) is 64.7 Å². The summed E-state index contributed by atoms with van der Waals surface area (Å²) in [5.74, 6) is -0.243. The van der Waals surface area contributed by atoms with Crippen LogP contribution in [0.5, 0.6) is 11.5 Å². The van der Waals surface area contributed by atoms with Crippen molar-refractivity contribution in [2.75, 3.05) is 0 Å². The number of pyridine rings is 1. The molecule has 0 amide bonds. The van der Waals surface area contributed by atoms with Crippen LogP contribution in [0.25, 0.3) is 61.2 Å². The zero-order valence-corrected chi connectivity index (χ0v) is 52.1. The third kappa shape index (κ3) is 10.2. The standard InChI is InChI=1S/C83H64N4OSi2.Pt/c1-60-53-81(84-58-74(60)61-31-12-5-13-32-61)87-75-48-27-26-47-72(75)73-52-51-65(57-78(73)87)88-64-34-30-33-63(56-64)85-59-86(77-50-29-28-49-76(77)85)82-79(89(66-35-14-6-15-36-66,67-37-16-7-17-38-67)68-39-18-8-19-40-68)54-62(83(2,3)4)55-80(82)90(69-41-20-9-21-42-69,70-43-22-10-23-44-70)71-45-24-11-25-46-71;/h5-55,58H,1-4H3;/q-2;/i1D3,5D,6D,7D,8D,9D,10D,11D,12D,13D,14D,15D,16D,17D,18D,19D,20D,21D,22D,23D,24D,25D,31D,32D,35D,36D,37D,38D,39D,40D,41D,42D,43D,44D,45D,46D;. The number of fused-ring (bicyclic) bond motifs is 4. The van der Waals surface area contributed by atoms with Gasteiger partial charge < -0.3 is 13.9 Å². The van der Waals surface area contributed by atoms with Gasteiger partial charge in [-0.25, -0.2) is 4.98 Å². The minimum atomic E-state index is -6.86. The number of aromatic nitrogens is 4. The van der Waals surface area contributed by atoms with E-state index in [1.165, 1.54) is 92.1 Å². The molecule has 0 atom stereocenters. The second kappa shape index (κ2) is 24.4. The molecule has 0 radical (unpaired) electrons. The fraction of sp³-hybridized carbons (Fsp3) is 0.0602. The molecule has 0 N–H and O–H groups in total. The Hall–Kier alpha value is -10.0. The van der Waals surface area contributed by atoms with E-state index < -0.39 is 298 Å². The maximum atomic E-state index is 10.4. The summed E-state index contributed by atoms with van der Waals surface area (Å²) in [5.41, 5.74) is -3.60. The van der Waals surface area contributed by atoms with Gasteiger partial charge >= 0.3 is 0 Å². The molecule has 0 saturated carbocycles. The number of aryl methyl sites for hydroxylation is 1. The number of para-hydroxylation sites is 3. The summed E-state index contributed by atoms with van der Waals surface area (Å²) in [6, 6.07) is -10.8. The van der Waals surface area contributed by atoms with E-state index >= 15 is 0 Å². The molecule has 91 heavy (non-hydrogen) atoms. The first-order valence-corrected chi connectivity index (χ1v) is 31.7. The van der Waals surface area contributed by atoms with Crippen molar-refractivity contribution in [1.29, 1.82) is 0 Å². The summed E-state index contributed by atoms with van der Waals surface area (Å²) in [6.45, 7) is 1.54. The summed E-state index contributed by atoms with van der Waals surface area (Å²) in [7, 11) is -13.7. The first kappa shape index (κ1) is 29.7. The number of ether oxygens (including phenoxy) is 1. The Morgan fingerprint density at radius 2 is 0.967 bits per heavy atom. The number of nitrogens with zero attached hydrogens (tertiary/aromatic N) is 4. The molecule has 0 saturated heterocycles. The van der Waals surface area contributed by atoms with Gasteiger partial charge in [0.25, 0.3) is 6.33 Å². The van der Waals surface area contributed by atoms with Crippen molar-refractivity contribution < 1.29 is 82.5 Å². The van der Waals surface area contributed by atoms with Crippen LogP contribution in [-0.2, 0) is 26.5 Å². The van der Waals surface area contributed by atoms with E-state index in [9.17, 15) is 41.1 Å². The van der Waals surface area contributed by atoms with Gasteiger partial charge in [-0.15, -0.1) is 29.7 Å². The van der Waals surface area contributed by atoms with E-state index in [2.05, 4.69) is 23.4 Å². The van der Waals surface area contributed by atoms with Crippen LogP contribution in [0, 0.1) is 25.3 Å². The normalized spacial score (nSPS) is 17.9. The molecule has 8 heteroatoms. The zero-order chi connectivity index (χ0) is 93.8. The Kier molecular flexibility index (Phi) is 7.98. The van der Waals surface area contributed by atoms with Crippen LogP contribution in [0.15, 0.2) is 315 Å². The monoisotopic (exact) mass is 1420 g/mol.